The van der Waals surface area contributed by atoms with Gasteiger partial charge in [0.05, 0.1) is 12.1 Å². The molecule has 26 heavy (non-hydrogen) atoms. The molecule has 134 valence electrons. The van der Waals surface area contributed by atoms with Crippen LogP contribution in [-0.2, 0) is 13.0 Å². The van der Waals surface area contributed by atoms with Gasteiger partial charge in [-0.15, -0.1) is 0 Å². The molecule has 0 bridgehead atoms. The molecule has 2 aromatic carbocycles. The lowest BCUT2D eigenvalue weighted by atomic mass is 10.0. The summed E-state index contributed by atoms with van der Waals surface area (Å²) in [4.78, 5) is 23.9. The van der Waals surface area contributed by atoms with Crippen LogP contribution in [0.2, 0.25) is 5.02 Å². The van der Waals surface area contributed by atoms with E-state index in [9.17, 15) is 24.2 Å². The van der Waals surface area contributed by atoms with Crippen molar-refractivity contribution < 1.29 is 19.4 Å². The maximum Gasteiger partial charge on any atom is 0.341 e. The van der Waals surface area contributed by atoms with Gasteiger partial charge in [-0.3, -0.25) is 4.79 Å². The number of carbonyl (C=O) groups is 1. The largest absolute Gasteiger partial charge is 0.477 e. The highest BCUT2D eigenvalue weighted by molar-refractivity contribution is 6.31. The minimum atomic E-state index is -1.33. The van der Waals surface area contributed by atoms with Crippen LogP contribution in [0.1, 0.15) is 21.5 Å². The Balaban J connectivity index is 2.15. The zero-order valence-corrected chi connectivity index (χ0v) is 14.3. The Morgan fingerprint density at radius 2 is 1.96 bits per heavy atom. The molecular weight excluding hydrogens is 361 g/mol. The highest BCUT2D eigenvalue weighted by Crippen LogP contribution is 2.22. The summed E-state index contributed by atoms with van der Waals surface area (Å²) >= 11 is 6.09. The third-order valence-electron chi connectivity index (χ3n) is 4.12. The second-order valence-corrected chi connectivity index (χ2v) is 6.27. The second-order valence-electron chi connectivity index (χ2n) is 5.86. The van der Waals surface area contributed by atoms with Gasteiger partial charge < -0.3 is 14.8 Å². The third kappa shape index (κ3) is 3.47. The average Bonchev–Trinajstić information content (AvgIpc) is 2.60. The number of pyridine rings is 1. The molecule has 0 saturated heterocycles. The fourth-order valence-corrected chi connectivity index (χ4v) is 3.08. The summed E-state index contributed by atoms with van der Waals surface area (Å²) in [6, 6.07) is 9.07. The van der Waals surface area contributed by atoms with Crippen molar-refractivity contribution in [2.75, 3.05) is 6.61 Å². The van der Waals surface area contributed by atoms with Gasteiger partial charge in [0.25, 0.3) is 0 Å². The maximum absolute atomic E-state index is 13.4. The highest BCUT2D eigenvalue weighted by Gasteiger charge is 2.15. The summed E-state index contributed by atoms with van der Waals surface area (Å²) in [7, 11) is 0. The topological polar surface area (TPSA) is 79.5 Å². The molecule has 5 nitrogen and oxygen atoms in total. The molecule has 7 heteroatoms. The standard InChI is InChI=1S/C19H15ClFNO4/c20-16-3-2-13(21)9-12(16)7-11-1-4-17-14(8-11)18(24)15(19(25)26)10-22(17)5-6-23/h1-4,8-10,23H,5-7H2,(H,25,26). The molecule has 0 amide bonds. The number of aliphatic hydroxyl groups is 1. The Bertz CT molecular complexity index is 1060. The normalized spacial score (nSPS) is 11.0. The van der Waals surface area contributed by atoms with Crippen LogP contribution in [0, 0.1) is 5.82 Å². The van der Waals surface area contributed by atoms with Crippen LogP contribution < -0.4 is 5.43 Å². The lowest BCUT2D eigenvalue weighted by molar-refractivity contribution is 0.0694. The van der Waals surface area contributed by atoms with Crippen molar-refractivity contribution in [1.29, 1.82) is 0 Å². The van der Waals surface area contributed by atoms with E-state index >= 15 is 0 Å². The third-order valence-corrected chi connectivity index (χ3v) is 4.49. The van der Waals surface area contributed by atoms with Crippen molar-refractivity contribution in [1.82, 2.24) is 4.57 Å². The van der Waals surface area contributed by atoms with E-state index in [1.807, 2.05) is 0 Å². The average molecular weight is 376 g/mol. The molecule has 0 radical (unpaired) electrons. The number of aliphatic hydroxyl groups excluding tert-OH is 1. The van der Waals surface area contributed by atoms with E-state index < -0.39 is 17.2 Å². The molecule has 3 rings (SSSR count). The summed E-state index contributed by atoms with van der Waals surface area (Å²) < 4.78 is 15.0. The highest BCUT2D eigenvalue weighted by atomic mass is 35.5. The number of aromatic carboxylic acids is 1. The van der Waals surface area contributed by atoms with Gasteiger partial charge in [0, 0.05) is 23.2 Å². The van der Waals surface area contributed by atoms with Crippen LogP contribution >= 0.6 is 11.6 Å². The zero-order valence-electron chi connectivity index (χ0n) is 13.6. The van der Waals surface area contributed by atoms with E-state index in [-0.39, 0.29) is 24.1 Å². The van der Waals surface area contributed by atoms with Crippen molar-refractivity contribution in [2.45, 2.75) is 13.0 Å². The Kier molecular flexibility index (Phi) is 5.06. The van der Waals surface area contributed by atoms with Crippen molar-refractivity contribution in [3.8, 4) is 0 Å². The molecule has 1 heterocycles. The number of benzene rings is 2. The predicted molar refractivity (Wildman–Crippen MR) is 96.5 cm³/mol. The number of carboxylic acids is 1. The predicted octanol–water partition coefficient (Wildman–Crippen LogP) is 3.08. The quantitative estimate of drug-likeness (QED) is 0.718. The first kappa shape index (κ1) is 18.1. The number of hydrogen-bond donors (Lipinski definition) is 2. The van der Waals surface area contributed by atoms with Crippen molar-refractivity contribution in [2.24, 2.45) is 0 Å². The number of fused-ring (bicyclic) bond motifs is 1. The van der Waals surface area contributed by atoms with Gasteiger partial charge in [-0.2, -0.15) is 0 Å². The summed E-state index contributed by atoms with van der Waals surface area (Å²) in [6.45, 7) is -0.0379. The molecule has 0 spiro atoms. The van der Waals surface area contributed by atoms with Crippen LogP contribution in [0.25, 0.3) is 10.9 Å². The van der Waals surface area contributed by atoms with Crippen LogP contribution in [0.5, 0.6) is 0 Å². The molecule has 0 unspecified atom stereocenters. The fraction of sp³-hybridized carbons (Fsp3) is 0.158. The minimum Gasteiger partial charge on any atom is -0.477 e. The molecule has 0 saturated carbocycles. The number of hydrogen-bond acceptors (Lipinski definition) is 3. The summed E-state index contributed by atoms with van der Waals surface area (Å²) in [6.07, 6.45) is 1.52. The van der Waals surface area contributed by atoms with Gasteiger partial charge in [0.2, 0.25) is 5.43 Å². The monoisotopic (exact) mass is 375 g/mol. The van der Waals surface area contributed by atoms with E-state index in [0.29, 0.717) is 28.1 Å². The number of rotatable bonds is 5. The first-order valence-electron chi connectivity index (χ1n) is 7.85. The molecule has 1 aromatic heterocycles. The summed E-state index contributed by atoms with van der Waals surface area (Å²) in [5, 5.41) is 19.1. The van der Waals surface area contributed by atoms with Crippen LogP contribution in [0.4, 0.5) is 4.39 Å². The zero-order chi connectivity index (χ0) is 18.8. The van der Waals surface area contributed by atoms with Crippen molar-refractivity contribution in [3.63, 3.8) is 0 Å². The number of nitrogens with zero attached hydrogens (tertiary/aromatic N) is 1. The lowest BCUT2D eigenvalue weighted by Gasteiger charge is -2.12. The fourth-order valence-electron chi connectivity index (χ4n) is 2.90. The van der Waals surface area contributed by atoms with Crippen LogP contribution in [0.3, 0.4) is 0 Å². The maximum atomic E-state index is 13.4. The van der Waals surface area contributed by atoms with Crippen LogP contribution in [0.15, 0.2) is 47.4 Å². The van der Waals surface area contributed by atoms with E-state index in [4.69, 9.17) is 11.6 Å². The van der Waals surface area contributed by atoms with Gasteiger partial charge in [0.1, 0.15) is 11.4 Å². The summed E-state index contributed by atoms with van der Waals surface area (Å²) in [5.74, 6) is -1.74. The Labute approximate surface area is 152 Å². The van der Waals surface area contributed by atoms with Gasteiger partial charge in [-0.25, -0.2) is 9.18 Å². The van der Waals surface area contributed by atoms with Crippen molar-refractivity contribution >= 4 is 28.5 Å². The van der Waals surface area contributed by atoms with Gasteiger partial charge in [-0.1, -0.05) is 17.7 Å². The first-order chi connectivity index (χ1) is 12.4. The van der Waals surface area contributed by atoms with E-state index in [1.165, 1.54) is 29.0 Å². The molecular formula is C19H15ClFNO4. The molecule has 0 aliphatic carbocycles. The molecule has 0 fully saturated rings. The SMILES string of the molecule is O=C(O)c1cn(CCO)c2ccc(Cc3cc(F)ccc3Cl)cc2c1=O. The minimum absolute atomic E-state index is 0.159. The molecule has 2 N–H and O–H groups in total. The number of aromatic nitrogens is 1. The number of halogens is 2. The molecule has 3 aromatic rings. The van der Waals surface area contributed by atoms with Gasteiger partial charge in [0.15, 0.2) is 0 Å². The smallest absolute Gasteiger partial charge is 0.341 e. The molecule has 0 aliphatic heterocycles. The van der Waals surface area contributed by atoms with E-state index in [0.717, 1.165) is 0 Å². The molecule has 0 atom stereocenters. The summed E-state index contributed by atoms with van der Waals surface area (Å²) in [5.41, 5.74) is 0.806. The van der Waals surface area contributed by atoms with Crippen molar-refractivity contribution in [3.05, 3.63) is 80.3 Å². The van der Waals surface area contributed by atoms with Crippen LogP contribution in [-0.4, -0.2) is 27.4 Å². The Morgan fingerprint density at radius 3 is 2.65 bits per heavy atom. The molecule has 0 aliphatic rings. The lowest BCUT2D eigenvalue weighted by Crippen LogP contribution is -2.19. The van der Waals surface area contributed by atoms with E-state index in [2.05, 4.69) is 0 Å². The van der Waals surface area contributed by atoms with Gasteiger partial charge in [-0.05, 0) is 47.9 Å². The Morgan fingerprint density at radius 1 is 1.19 bits per heavy atom. The van der Waals surface area contributed by atoms with Gasteiger partial charge >= 0.3 is 5.97 Å². The number of carboxylic acid groups (broad SMARTS) is 1. The van der Waals surface area contributed by atoms with E-state index in [1.54, 1.807) is 18.2 Å². The Hall–Kier alpha value is -2.70. The second kappa shape index (κ2) is 7.27. The first-order valence-corrected chi connectivity index (χ1v) is 8.22.